The number of hydrogen-bond donors (Lipinski definition) is 2. The van der Waals surface area contributed by atoms with Crippen LogP contribution >= 0.6 is 22.9 Å². The highest BCUT2D eigenvalue weighted by molar-refractivity contribution is 7.12. The van der Waals surface area contributed by atoms with E-state index in [1.54, 1.807) is 19.2 Å². The lowest BCUT2D eigenvalue weighted by molar-refractivity contribution is 0.0703. The molecule has 0 saturated heterocycles. The van der Waals surface area contributed by atoms with Crippen molar-refractivity contribution in [1.29, 1.82) is 0 Å². The molecule has 0 unspecified atom stereocenters. The minimum absolute atomic E-state index is 0.234. The molecule has 0 spiro atoms. The highest BCUT2D eigenvalue weighted by atomic mass is 35.5. The number of anilines is 1. The van der Waals surface area contributed by atoms with Crippen LogP contribution in [0, 0.1) is 6.92 Å². The standard InChI is InChI=1S/C6H7NO2S.C3H5ClO2/c1-3-2-10-5(4(3)7)6(8)9;1-2-6-3(4)5/h2H,7H2,1H3,(H,8,9);2H2,1H3. The monoisotopic (exact) mass is 265 g/mol. The molecule has 5 nitrogen and oxygen atoms in total. The predicted octanol–water partition coefficient (Wildman–Crippen LogP) is 2.72. The number of ether oxygens (including phenoxy) is 1. The van der Waals surface area contributed by atoms with E-state index in [4.69, 9.17) is 22.4 Å². The Bertz CT molecular complexity index is 378. The summed E-state index contributed by atoms with van der Waals surface area (Å²) in [6.45, 7) is 3.83. The van der Waals surface area contributed by atoms with Gasteiger partial charge in [0.25, 0.3) is 0 Å². The Hall–Kier alpha value is -1.27. The zero-order valence-corrected chi connectivity index (χ0v) is 10.4. The number of carbonyl (C=O) groups is 2. The van der Waals surface area contributed by atoms with Crippen molar-refractivity contribution >= 4 is 40.0 Å². The van der Waals surface area contributed by atoms with Crippen molar-refractivity contribution in [2.24, 2.45) is 0 Å². The van der Waals surface area contributed by atoms with Crippen LogP contribution in [0.5, 0.6) is 0 Å². The molecule has 0 aliphatic heterocycles. The highest BCUT2D eigenvalue weighted by Crippen LogP contribution is 2.23. The number of carboxylic acids is 1. The van der Waals surface area contributed by atoms with Gasteiger partial charge in [-0.2, -0.15) is 0 Å². The van der Waals surface area contributed by atoms with Gasteiger partial charge in [-0.1, -0.05) is 0 Å². The first-order valence-electron chi connectivity index (χ1n) is 4.29. The van der Waals surface area contributed by atoms with Crippen molar-refractivity contribution < 1.29 is 19.4 Å². The summed E-state index contributed by atoms with van der Waals surface area (Å²) in [4.78, 5) is 20.2. The molecule has 0 radical (unpaired) electrons. The molecule has 0 fully saturated rings. The maximum absolute atomic E-state index is 10.4. The Labute approximate surface area is 102 Å². The summed E-state index contributed by atoms with van der Waals surface area (Å²) < 4.78 is 4.17. The van der Waals surface area contributed by atoms with Gasteiger partial charge >= 0.3 is 11.4 Å². The minimum Gasteiger partial charge on any atom is -0.477 e. The van der Waals surface area contributed by atoms with E-state index in [-0.39, 0.29) is 4.88 Å². The molecule has 7 heteroatoms. The molecule has 1 rings (SSSR count). The summed E-state index contributed by atoms with van der Waals surface area (Å²) in [7, 11) is 0. The van der Waals surface area contributed by atoms with E-state index in [2.05, 4.69) is 4.74 Å². The SMILES string of the molecule is CCOC(=O)Cl.Cc1csc(C(=O)O)c1N. The number of thiophene rings is 1. The van der Waals surface area contributed by atoms with Gasteiger partial charge in [-0.3, -0.25) is 0 Å². The maximum Gasteiger partial charge on any atom is 0.403 e. The number of aryl methyl sites for hydroxylation is 1. The Morgan fingerprint density at radius 3 is 2.31 bits per heavy atom. The number of aromatic carboxylic acids is 1. The molecule has 16 heavy (non-hydrogen) atoms. The molecule has 0 amide bonds. The van der Waals surface area contributed by atoms with E-state index in [9.17, 15) is 9.59 Å². The van der Waals surface area contributed by atoms with Gasteiger partial charge in [0.15, 0.2) is 0 Å². The van der Waals surface area contributed by atoms with Crippen LogP contribution in [-0.2, 0) is 4.74 Å². The van der Waals surface area contributed by atoms with Crippen LogP contribution in [0.4, 0.5) is 10.5 Å². The second-order valence-electron chi connectivity index (χ2n) is 2.64. The summed E-state index contributed by atoms with van der Waals surface area (Å²) in [5.74, 6) is -0.949. The molecule has 1 aromatic rings. The fourth-order valence-electron chi connectivity index (χ4n) is 0.732. The number of carboxylic acid groups (broad SMARTS) is 1. The largest absolute Gasteiger partial charge is 0.477 e. The Balaban J connectivity index is 0.000000325. The molecule has 3 N–H and O–H groups in total. The van der Waals surface area contributed by atoms with Crippen molar-refractivity contribution in [2.75, 3.05) is 12.3 Å². The van der Waals surface area contributed by atoms with Gasteiger partial charge < -0.3 is 15.6 Å². The third kappa shape index (κ3) is 4.99. The minimum atomic E-state index is -0.949. The van der Waals surface area contributed by atoms with Crippen LogP contribution in [0.15, 0.2) is 5.38 Å². The molecular weight excluding hydrogens is 254 g/mol. The summed E-state index contributed by atoms with van der Waals surface area (Å²) in [5, 5.41) is 10.2. The molecule has 90 valence electrons. The Kier molecular flexibility index (Phi) is 6.52. The summed E-state index contributed by atoms with van der Waals surface area (Å²) in [6, 6.07) is 0. The maximum atomic E-state index is 10.4. The van der Waals surface area contributed by atoms with Gasteiger partial charge in [0, 0.05) is 11.6 Å². The lowest BCUT2D eigenvalue weighted by Crippen LogP contribution is -1.97. The third-order valence-corrected chi connectivity index (χ3v) is 2.69. The van der Waals surface area contributed by atoms with Gasteiger partial charge in [-0.25, -0.2) is 9.59 Å². The molecule has 0 aliphatic carbocycles. The molecule has 0 aromatic carbocycles. The predicted molar refractivity (Wildman–Crippen MR) is 63.3 cm³/mol. The van der Waals surface area contributed by atoms with Crippen molar-refractivity contribution in [3.63, 3.8) is 0 Å². The normalized spacial score (nSPS) is 8.94. The lowest BCUT2D eigenvalue weighted by atomic mass is 10.3. The van der Waals surface area contributed by atoms with Crippen LogP contribution in [0.2, 0.25) is 0 Å². The first-order chi connectivity index (χ1) is 7.40. The summed E-state index contributed by atoms with van der Waals surface area (Å²) >= 11 is 5.88. The van der Waals surface area contributed by atoms with Crippen LogP contribution < -0.4 is 5.73 Å². The van der Waals surface area contributed by atoms with E-state index in [0.29, 0.717) is 12.3 Å². The summed E-state index contributed by atoms with van der Waals surface area (Å²) in [6.07, 6.45) is 0. The van der Waals surface area contributed by atoms with Crippen LogP contribution in [0.25, 0.3) is 0 Å². The second-order valence-corrected chi connectivity index (χ2v) is 3.83. The van der Waals surface area contributed by atoms with Crippen LogP contribution in [-0.4, -0.2) is 23.1 Å². The molecule has 0 aliphatic rings. The number of carbonyl (C=O) groups excluding carboxylic acids is 1. The smallest absolute Gasteiger partial charge is 0.403 e. The number of nitrogen functional groups attached to an aromatic ring is 1. The Morgan fingerprint density at radius 1 is 1.62 bits per heavy atom. The molecule has 0 bridgehead atoms. The van der Waals surface area contributed by atoms with E-state index in [0.717, 1.165) is 16.9 Å². The Morgan fingerprint density at radius 2 is 2.19 bits per heavy atom. The van der Waals surface area contributed by atoms with Gasteiger partial charge in [0.2, 0.25) is 0 Å². The van der Waals surface area contributed by atoms with Crippen molar-refractivity contribution in [3.8, 4) is 0 Å². The van der Waals surface area contributed by atoms with Crippen molar-refractivity contribution in [2.45, 2.75) is 13.8 Å². The fraction of sp³-hybridized carbons (Fsp3) is 0.333. The molecular formula is C9H12ClNO4S. The molecule has 0 saturated carbocycles. The number of hydrogen-bond acceptors (Lipinski definition) is 5. The molecule has 0 atom stereocenters. The van der Waals surface area contributed by atoms with Gasteiger partial charge in [0.1, 0.15) is 4.88 Å². The zero-order valence-electron chi connectivity index (χ0n) is 8.82. The number of rotatable bonds is 2. The number of nitrogens with two attached hydrogens (primary N) is 1. The highest BCUT2D eigenvalue weighted by Gasteiger charge is 2.10. The van der Waals surface area contributed by atoms with Crippen molar-refractivity contribution in [3.05, 3.63) is 15.8 Å². The lowest BCUT2D eigenvalue weighted by Gasteiger charge is -1.90. The van der Waals surface area contributed by atoms with Crippen molar-refractivity contribution in [1.82, 2.24) is 0 Å². The van der Waals surface area contributed by atoms with E-state index in [1.165, 1.54) is 0 Å². The average molecular weight is 266 g/mol. The van der Waals surface area contributed by atoms with Gasteiger partial charge in [-0.05, 0) is 24.8 Å². The fourth-order valence-corrected chi connectivity index (χ4v) is 1.65. The first-order valence-corrected chi connectivity index (χ1v) is 5.55. The topological polar surface area (TPSA) is 89.6 Å². The van der Waals surface area contributed by atoms with E-state index < -0.39 is 11.4 Å². The third-order valence-electron chi connectivity index (χ3n) is 1.48. The van der Waals surface area contributed by atoms with Crippen LogP contribution in [0.3, 0.4) is 0 Å². The van der Waals surface area contributed by atoms with Gasteiger partial charge in [-0.15, -0.1) is 11.3 Å². The second kappa shape index (κ2) is 7.08. The number of halogens is 1. The van der Waals surface area contributed by atoms with Gasteiger partial charge in [0.05, 0.1) is 12.3 Å². The molecule has 1 heterocycles. The molecule has 1 aromatic heterocycles. The van der Waals surface area contributed by atoms with E-state index in [1.807, 2.05) is 0 Å². The summed E-state index contributed by atoms with van der Waals surface area (Å²) in [5.41, 5.74) is 5.92. The quantitative estimate of drug-likeness (QED) is 0.803. The average Bonchev–Trinajstić information content (AvgIpc) is 2.48. The first kappa shape index (κ1) is 14.7. The van der Waals surface area contributed by atoms with Crippen LogP contribution in [0.1, 0.15) is 22.2 Å². The van der Waals surface area contributed by atoms with E-state index >= 15 is 0 Å². The zero-order chi connectivity index (χ0) is 12.7.